The predicted molar refractivity (Wildman–Crippen MR) is 66.4 cm³/mol. The van der Waals surface area contributed by atoms with Crippen molar-refractivity contribution >= 4 is 11.8 Å². The molecule has 0 aliphatic carbocycles. The molecule has 0 nitrogen and oxygen atoms in total. The third-order valence-electron chi connectivity index (χ3n) is 2.29. The van der Waals surface area contributed by atoms with E-state index in [9.17, 15) is 8.78 Å². The van der Waals surface area contributed by atoms with Crippen molar-refractivity contribution < 1.29 is 8.78 Å². The maximum Gasteiger partial charge on any atom is 0.126 e. The molecule has 0 saturated heterocycles. The topological polar surface area (TPSA) is 0 Å². The molecule has 0 fully saturated rings. The summed E-state index contributed by atoms with van der Waals surface area (Å²) in [6, 6.07) is 3.37. The fraction of sp³-hybridized carbons (Fsp3) is 0.538. The van der Waals surface area contributed by atoms with Crippen molar-refractivity contribution in [3.63, 3.8) is 0 Å². The molecule has 90 valence electrons. The Hall–Kier alpha value is -0.570. The fourth-order valence-electron chi connectivity index (χ4n) is 1.36. The lowest BCUT2D eigenvalue weighted by Gasteiger charge is -2.15. The molecular weight excluding hydrogens is 226 g/mol. The normalized spacial score (nSPS) is 11.9. The van der Waals surface area contributed by atoms with E-state index in [2.05, 4.69) is 0 Å². The van der Waals surface area contributed by atoms with Gasteiger partial charge in [0.05, 0.1) is 0 Å². The van der Waals surface area contributed by atoms with Crippen LogP contribution in [-0.4, -0.2) is 11.4 Å². The number of aryl methyl sites for hydroxylation is 2. The van der Waals surface area contributed by atoms with E-state index < -0.39 is 5.67 Å². The summed E-state index contributed by atoms with van der Waals surface area (Å²) in [5.74, 6) is 0.214. The van der Waals surface area contributed by atoms with Gasteiger partial charge >= 0.3 is 0 Å². The first-order chi connectivity index (χ1) is 7.33. The van der Waals surface area contributed by atoms with Crippen LogP contribution in [0.3, 0.4) is 0 Å². The first-order valence-electron chi connectivity index (χ1n) is 5.44. The molecule has 0 aliphatic heterocycles. The Kier molecular flexibility index (Phi) is 4.36. The van der Waals surface area contributed by atoms with Crippen molar-refractivity contribution in [2.45, 2.75) is 44.7 Å². The van der Waals surface area contributed by atoms with Gasteiger partial charge in [0, 0.05) is 10.6 Å². The second-order valence-electron chi connectivity index (χ2n) is 4.57. The second kappa shape index (κ2) is 5.17. The molecule has 0 radical (unpaired) electrons. The smallest absolute Gasteiger partial charge is 0.126 e. The van der Waals surface area contributed by atoms with Gasteiger partial charge in [-0.3, -0.25) is 0 Å². The summed E-state index contributed by atoms with van der Waals surface area (Å²) >= 11 is 1.46. The number of hydrogen-bond acceptors (Lipinski definition) is 1. The first-order valence-corrected chi connectivity index (χ1v) is 6.43. The molecule has 16 heavy (non-hydrogen) atoms. The van der Waals surface area contributed by atoms with Crippen LogP contribution in [0.1, 0.15) is 31.9 Å². The van der Waals surface area contributed by atoms with Crippen LogP contribution < -0.4 is 0 Å². The highest BCUT2D eigenvalue weighted by molar-refractivity contribution is 7.99. The lowest BCUT2D eigenvalue weighted by atomic mass is 10.1. The first kappa shape index (κ1) is 13.5. The number of benzene rings is 1. The summed E-state index contributed by atoms with van der Waals surface area (Å²) in [6.45, 7) is 6.83. The Morgan fingerprint density at radius 3 is 2.44 bits per heavy atom. The summed E-state index contributed by atoms with van der Waals surface area (Å²) in [5, 5.41) is 0. The maximum absolute atomic E-state index is 13.4. The number of halogens is 2. The van der Waals surface area contributed by atoms with E-state index in [1.54, 1.807) is 26.8 Å². The average Bonchev–Trinajstić information content (AvgIpc) is 2.18. The Morgan fingerprint density at radius 2 is 1.94 bits per heavy atom. The molecule has 3 heteroatoms. The lowest BCUT2D eigenvalue weighted by molar-refractivity contribution is 0.253. The summed E-state index contributed by atoms with van der Waals surface area (Å²) in [4.78, 5) is 0.993. The number of thioether (sulfide) groups is 1. The Bertz CT molecular complexity index is 367. The summed E-state index contributed by atoms with van der Waals surface area (Å²) in [7, 11) is 0. The second-order valence-corrected chi connectivity index (χ2v) is 5.59. The summed E-state index contributed by atoms with van der Waals surface area (Å²) in [6.07, 6.45) is 0.770. The van der Waals surface area contributed by atoms with E-state index >= 15 is 0 Å². The van der Waals surface area contributed by atoms with Crippen molar-refractivity contribution in [2.24, 2.45) is 0 Å². The van der Waals surface area contributed by atoms with Crippen LogP contribution in [0.15, 0.2) is 17.0 Å². The van der Waals surface area contributed by atoms with Crippen LogP contribution in [0.5, 0.6) is 0 Å². The Balaban J connectivity index is 2.90. The van der Waals surface area contributed by atoms with Gasteiger partial charge in [0.2, 0.25) is 0 Å². The van der Waals surface area contributed by atoms with Gasteiger partial charge in [-0.1, -0.05) is 6.92 Å². The van der Waals surface area contributed by atoms with E-state index in [1.165, 1.54) is 11.8 Å². The highest BCUT2D eigenvalue weighted by atomic mass is 32.2. The molecule has 1 aromatic rings. The van der Waals surface area contributed by atoms with Crippen molar-refractivity contribution in [2.75, 3.05) is 5.75 Å². The zero-order valence-corrected chi connectivity index (χ0v) is 11.0. The maximum atomic E-state index is 13.4. The van der Waals surface area contributed by atoms with Crippen molar-refractivity contribution in [3.8, 4) is 0 Å². The molecule has 0 spiro atoms. The summed E-state index contributed by atoms with van der Waals surface area (Å²) < 4.78 is 26.7. The molecule has 0 aromatic heterocycles. The van der Waals surface area contributed by atoms with Crippen LogP contribution in [0.2, 0.25) is 0 Å². The zero-order chi connectivity index (χ0) is 12.3. The molecule has 0 N–H and O–H groups in total. The molecule has 1 aromatic carbocycles. The van der Waals surface area contributed by atoms with Gasteiger partial charge in [-0.05, 0) is 50.5 Å². The average molecular weight is 244 g/mol. The largest absolute Gasteiger partial charge is 0.244 e. The van der Waals surface area contributed by atoms with Crippen molar-refractivity contribution in [1.82, 2.24) is 0 Å². The molecule has 0 amide bonds. The molecule has 0 unspecified atom stereocenters. The Labute approximate surface area is 100 Å². The minimum Gasteiger partial charge on any atom is -0.244 e. The number of alkyl halides is 1. The van der Waals surface area contributed by atoms with Crippen molar-refractivity contribution in [3.05, 3.63) is 29.1 Å². The van der Waals surface area contributed by atoms with Crippen LogP contribution in [0, 0.1) is 12.7 Å². The van der Waals surface area contributed by atoms with E-state index in [1.807, 2.05) is 13.0 Å². The monoisotopic (exact) mass is 244 g/mol. The minimum absolute atomic E-state index is 0.180. The third-order valence-corrected chi connectivity index (χ3v) is 3.82. The molecule has 1 rings (SSSR count). The van der Waals surface area contributed by atoms with E-state index in [0.29, 0.717) is 11.3 Å². The zero-order valence-electron chi connectivity index (χ0n) is 10.2. The molecule has 0 heterocycles. The van der Waals surface area contributed by atoms with E-state index in [0.717, 1.165) is 16.9 Å². The van der Waals surface area contributed by atoms with Crippen LogP contribution in [-0.2, 0) is 6.42 Å². The van der Waals surface area contributed by atoms with Crippen LogP contribution in [0.25, 0.3) is 0 Å². The van der Waals surface area contributed by atoms with Gasteiger partial charge in [-0.25, -0.2) is 8.78 Å². The van der Waals surface area contributed by atoms with Gasteiger partial charge in [-0.2, -0.15) is 0 Å². The quantitative estimate of drug-likeness (QED) is 0.701. The molecular formula is C13H18F2S. The number of rotatable bonds is 4. The van der Waals surface area contributed by atoms with E-state index in [-0.39, 0.29) is 5.82 Å². The summed E-state index contributed by atoms with van der Waals surface area (Å²) in [5.41, 5.74) is 0.381. The predicted octanol–water partition coefficient (Wildman–Crippen LogP) is 4.54. The van der Waals surface area contributed by atoms with Gasteiger partial charge in [0.15, 0.2) is 0 Å². The third kappa shape index (κ3) is 3.78. The van der Waals surface area contributed by atoms with Gasteiger partial charge < -0.3 is 0 Å². The highest BCUT2D eigenvalue weighted by Crippen LogP contribution is 2.29. The van der Waals surface area contributed by atoms with Gasteiger partial charge in [0.25, 0.3) is 0 Å². The molecule has 0 bridgehead atoms. The molecule has 0 aliphatic rings. The standard InChI is InChI=1S/C13H18F2S/c1-5-10-7-11(14)9(2)6-12(10)16-8-13(3,4)15/h6-7H,5,8H2,1-4H3. The fourth-order valence-corrected chi connectivity index (χ4v) is 2.50. The minimum atomic E-state index is -1.20. The van der Waals surface area contributed by atoms with Gasteiger partial charge in [-0.15, -0.1) is 11.8 Å². The SMILES string of the molecule is CCc1cc(F)c(C)cc1SCC(C)(C)F. The molecule has 0 saturated carbocycles. The van der Waals surface area contributed by atoms with E-state index in [4.69, 9.17) is 0 Å². The van der Waals surface area contributed by atoms with Crippen molar-refractivity contribution in [1.29, 1.82) is 0 Å². The van der Waals surface area contributed by atoms with Crippen LogP contribution in [0.4, 0.5) is 8.78 Å². The van der Waals surface area contributed by atoms with Crippen LogP contribution >= 0.6 is 11.8 Å². The highest BCUT2D eigenvalue weighted by Gasteiger charge is 2.17. The number of hydrogen-bond donors (Lipinski definition) is 0. The Morgan fingerprint density at radius 1 is 1.31 bits per heavy atom. The lowest BCUT2D eigenvalue weighted by Crippen LogP contribution is -2.15. The van der Waals surface area contributed by atoms with Gasteiger partial charge in [0.1, 0.15) is 11.5 Å². The molecule has 0 atom stereocenters.